The van der Waals surface area contributed by atoms with Crippen LogP contribution in [0.3, 0.4) is 0 Å². The third-order valence-electron chi connectivity index (χ3n) is 5.38. The summed E-state index contributed by atoms with van der Waals surface area (Å²) >= 11 is 0. The lowest BCUT2D eigenvalue weighted by Crippen LogP contribution is -2.50. The lowest BCUT2D eigenvalue weighted by atomic mass is 9.60. The monoisotopic (exact) mass is 302 g/mol. The predicted molar refractivity (Wildman–Crippen MR) is 87.4 cm³/mol. The van der Waals surface area contributed by atoms with Gasteiger partial charge in [-0.2, -0.15) is 0 Å². The number of aldehydes is 1. The van der Waals surface area contributed by atoms with Gasteiger partial charge in [-0.25, -0.2) is 0 Å². The van der Waals surface area contributed by atoms with Gasteiger partial charge in [-0.1, -0.05) is 26.8 Å². The molecule has 3 heteroatoms. The zero-order valence-electron chi connectivity index (χ0n) is 14.2. The summed E-state index contributed by atoms with van der Waals surface area (Å²) in [6.45, 7) is 9.63. The van der Waals surface area contributed by atoms with Crippen LogP contribution in [-0.4, -0.2) is 22.8 Å². The van der Waals surface area contributed by atoms with E-state index in [-0.39, 0.29) is 11.2 Å². The van der Waals surface area contributed by atoms with E-state index in [1.165, 1.54) is 6.08 Å². The van der Waals surface area contributed by atoms with Crippen LogP contribution in [0.25, 0.3) is 0 Å². The second kappa shape index (κ2) is 5.31. The molecule has 3 nitrogen and oxygen atoms in total. The molecule has 2 rings (SSSR count). The maximum atomic E-state index is 12.6. The van der Waals surface area contributed by atoms with E-state index >= 15 is 0 Å². The molecule has 1 N–H and O–H groups in total. The van der Waals surface area contributed by atoms with Gasteiger partial charge >= 0.3 is 0 Å². The van der Waals surface area contributed by atoms with E-state index in [2.05, 4.69) is 6.92 Å². The van der Waals surface area contributed by atoms with E-state index in [1.807, 2.05) is 27.7 Å². The molecule has 0 amide bonds. The average molecular weight is 302 g/mol. The summed E-state index contributed by atoms with van der Waals surface area (Å²) < 4.78 is 0. The molecule has 22 heavy (non-hydrogen) atoms. The average Bonchev–Trinajstić information content (AvgIpc) is 3.12. The van der Waals surface area contributed by atoms with Gasteiger partial charge < -0.3 is 5.11 Å². The van der Waals surface area contributed by atoms with E-state index in [9.17, 15) is 14.7 Å². The van der Waals surface area contributed by atoms with Crippen molar-refractivity contribution in [2.75, 3.05) is 0 Å². The summed E-state index contributed by atoms with van der Waals surface area (Å²) in [5.74, 6) is 0.167. The molecule has 0 aromatic carbocycles. The molecule has 0 bridgehead atoms. The summed E-state index contributed by atoms with van der Waals surface area (Å²) in [6.07, 6.45) is 8.07. The van der Waals surface area contributed by atoms with Crippen LogP contribution in [0.1, 0.15) is 53.9 Å². The summed E-state index contributed by atoms with van der Waals surface area (Å²) in [7, 11) is 0. The normalized spacial score (nSPS) is 30.8. The number of allylic oxidation sites excluding steroid dienone is 4. The number of Topliss-reactive ketones (excluding diaryl/α,β-unsaturated/α-hetero) is 1. The first-order valence-corrected chi connectivity index (χ1v) is 7.86. The quantitative estimate of drug-likeness (QED) is 0.491. The Labute approximate surface area is 132 Å². The second-order valence-electron chi connectivity index (χ2n) is 7.69. The lowest BCUT2D eigenvalue weighted by molar-refractivity contribution is -0.123. The van der Waals surface area contributed by atoms with E-state index in [4.69, 9.17) is 0 Å². The minimum absolute atomic E-state index is 0.0623. The van der Waals surface area contributed by atoms with Crippen molar-refractivity contribution in [2.24, 2.45) is 10.8 Å². The highest BCUT2D eigenvalue weighted by molar-refractivity contribution is 6.00. The highest BCUT2D eigenvalue weighted by Gasteiger charge is 2.55. The van der Waals surface area contributed by atoms with Crippen LogP contribution in [0.15, 0.2) is 34.9 Å². The fraction of sp³-hybridized carbons (Fsp3) is 0.579. The van der Waals surface area contributed by atoms with Gasteiger partial charge in [0.15, 0.2) is 5.78 Å². The van der Waals surface area contributed by atoms with Crippen molar-refractivity contribution < 1.29 is 14.7 Å². The molecular weight excluding hydrogens is 276 g/mol. The molecule has 1 saturated carbocycles. The first kappa shape index (κ1) is 16.9. The maximum Gasteiger partial charge on any atom is 0.160 e. The van der Waals surface area contributed by atoms with E-state index in [1.54, 1.807) is 12.2 Å². The molecule has 1 atom stereocenters. The molecule has 0 heterocycles. The molecular formula is C19H26O3. The predicted octanol–water partition coefficient (Wildman–Crippen LogP) is 3.53. The zero-order chi connectivity index (χ0) is 16.8. The molecule has 0 saturated heterocycles. The lowest BCUT2D eigenvalue weighted by Gasteiger charge is -2.46. The summed E-state index contributed by atoms with van der Waals surface area (Å²) in [5, 5.41) is 11.4. The van der Waals surface area contributed by atoms with Crippen molar-refractivity contribution in [2.45, 2.75) is 59.5 Å². The van der Waals surface area contributed by atoms with Gasteiger partial charge in [0.1, 0.15) is 11.9 Å². The van der Waals surface area contributed by atoms with Gasteiger partial charge in [0.25, 0.3) is 0 Å². The number of ketones is 1. The number of aliphatic hydroxyl groups is 1. The third kappa shape index (κ3) is 2.63. The molecule has 2 aliphatic carbocycles. The van der Waals surface area contributed by atoms with Crippen molar-refractivity contribution >= 4 is 12.1 Å². The second-order valence-corrected chi connectivity index (χ2v) is 7.69. The number of rotatable bonds is 4. The first-order chi connectivity index (χ1) is 10.1. The van der Waals surface area contributed by atoms with Gasteiger partial charge in [0.05, 0.1) is 0 Å². The fourth-order valence-electron chi connectivity index (χ4n) is 3.52. The molecule has 2 aliphatic rings. The summed E-state index contributed by atoms with van der Waals surface area (Å²) in [4.78, 5) is 23.1. The molecule has 0 aromatic rings. The van der Waals surface area contributed by atoms with E-state index in [0.29, 0.717) is 6.42 Å². The van der Waals surface area contributed by atoms with Crippen molar-refractivity contribution in [3.05, 3.63) is 34.9 Å². The molecule has 1 unspecified atom stereocenters. The molecule has 120 valence electrons. The number of carbonyl (C=O) groups is 2. The van der Waals surface area contributed by atoms with E-state index < -0.39 is 11.0 Å². The van der Waals surface area contributed by atoms with Crippen LogP contribution in [-0.2, 0) is 9.59 Å². The Hall–Kier alpha value is -1.48. The molecule has 0 spiro atoms. The summed E-state index contributed by atoms with van der Waals surface area (Å²) in [6, 6.07) is 0. The number of hydrogen-bond acceptors (Lipinski definition) is 3. The minimum Gasteiger partial charge on any atom is -0.381 e. The number of carbonyl (C=O) groups excluding carboxylic acids is 2. The summed E-state index contributed by atoms with van der Waals surface area (Å²) in [5.41, 5.74) is 0.566. The van der Waals surface area contributed by atoms with Crippen LogP contribution in [0.5, 0.6) is 0 Å². The molecule has 0 aliphatic heterocycles. The van der Waals surface area contributed by atoms with Gasteiger partial charge in [-0.3, -0.25) is 9.59 Å². The van der Waals surface area contributed by atoms with Crippen LogP contribution >= 0.6 is 0 Å². The standard InChI is InChI=1S/C19H26O3/c1-13(7-11-20)6-8-19(22)14(2)16(18(5)9-10-18)15(21)12-17(19,3)4/h6-8,11,22H,9-10,12H2,1-5H3/b8-6+,13-7-. The number of hydrogen-bond donors (Lipinski definition) is 1. The molecule has 0 radical (unpaired) electrons. The Kier molecular flexibility index (Phi) is 4.07. The fourth-order valence-corrected chi connectivity index (χ4v) is 3.52. The molecule has 0 aromatic heterocycles. The zero-order valence-corrected chi connectivity index (χ0v) is 14.2. The Morgan fingerprint density at radius 3 is 2.32 bits per heavy atom. The smallest absolute Gasteiger partial charge is 0.160 e. The topological polar surface area (TPSA) is 54.4 Å². The van der Waals surface area contributed by atoms with Gasteiger partial charge in [0.2, 0.25) is 0 Å². The van der Waals surface area contributed by atoms with Crippen molar-refractivity contribution in [3.8, 4) is 0 Å². The van der Waals surface area contributed by atoms with Crippen molar-refractivity contribution in [1.29, 1.82) is 0 Å². The van der Waals surface area contributed by atoms with Gasteiger partial charge in [-0.15, -0.1) is 0 Å². The highest BCUT2D eigenvalue weighted by atomic mass is 16.3. The van der Waals surface area contributed by atoms with Crippen LogP contribution in [0, 0.1) is 10.8 Å². The Morgan fingerprint density at radius 2 is 1.82 bits per heavy atom. The van der Waals surface area contributed by atoms with Crippen LogP contribution in [0.4, 0.5) is 0 Å². The Morgan fingerprint density at radius 1 is 1.23 bits per heavy atom. The molecule has 1 fully saturated rings. The van der Waals surface area contributed by atoms with E-state index in [0.717, 1.165) is 35.8 Å². The van der Waals surface area contributed by atoms with Gasteiger partial charge in [-0.05, 0) is 55.4 Å². The Bertz CT molecular complexity index is 600. The van der Waals surface area contributed by atoms with Crippen LogP contribution in [0.2, 0.25) is 0 Å². The van der Waals surface area contributed by atoms with Crippen LogP contribution < -0.4 is 0 Å². The largest absolute Gasteiger partial charge is 0.381 e. The highest BCUT2D eigenvalue weighted by Crippen LogP contribution is 2.58. The van der Waals surface area contributed by atoms with Crippen molar-refractivity contribution in [1.82, 2.24) is 0 Å². The van der Waals surface area contributed by atoms with Crippen molar-refractivity contribution in [3.63, 3.8) is 0 Å². The Balaban J connectivity index is 2.54. The minimum atomic E-state index is -1.17. The van der Waals surface area contributed by atoms with Gasteiger partial charge in [0, 0.05) is 17.4 Å². The SMILES string of the molecule is CC1=C(C2(C)CC2)C(=O)CC(C)(C)C1(O)/C=C/C(C)=C\C=O. The third-order valence-corrected chi connectivity index (χ3v) is 5.38. The maximum absolute atomic E-state index is 12.6. The first-order valence-electron chi connectivity index (χ1n) is 7.86.